The second-order valence-corrected chi connectivity index (χ2v) is 6.74. The Balaban J connectivity index is 1.46. The van der Waals surface area contributed by atoms with E-state index in [2.05, 4.69) is 27.4 Å². The third-order valence-corrected chi connectivity index (χ3v) is 4.89. The molecule has 1 aliphatic carbocycles. The number of pyridine rings is 1. The summed E-state index contributed by atoms with van der Waals surface area (Å²) >= 11 is 0. The molecule has 5 heteroatoms. The van der Waals surface area contributed by atoms with Crippen molar-refractivity contribution in [3.05, 3.63) is 71.8 Å². The molecule has 0 fully saturated rings. The molecule has 1 atom stereocenters. The van der Waals surface area contributed by atoms with Crippen LogP contribution in [-0.2, 0) is 13.0 Å². The van der Waals surface area contributed by atoms with Crippen LogP contribution in [0, 0.1) is 0 Å². The lowest BCUT2D eigenvalue weighted by molar-refractivity contribution is 0.340. The predicted octanol–water partition coefficient (Wildman–Crippen LogP) is 4.10. The highest BCUT2D eigenvalue weighted by molar-refractivity contribution is 5.53. The molecule has 0 amide bonds. The van der Waals surface area contributed by atoms with E-state index in [9.17, 15) is 0 Å². The maximum absolute atomic E-state index is 5.51. The number of aromatic nitrogens is 3. The number of rotatable bonds is 6. The molecule has 1 N–H and O–H groups in total. The van der Waals surface area contributed by atoms with Crippen LogP contribution in [0.5, 0.6) is 5.75 Å². The highest BCUT2D eigenvalue weighted by Gasteiger charge is 2.22. The molecule has 3 aromatic rings. The Hall–Kier alpha value is -2.79. The molecule has 0 aliphatic heterocycles. The second kappa shape index (κ2) is 8.27. The van der Waals surface area contributed by atoms with E-state index in [1.807, 2.05) is 43.6 Å². The zero-order valence-corrected chi connectivity index (χ0v) is 15.6. The molecule has 5 nitrogen and oxygen atoms in total. The lowest BCUT2D eigenvalue weighted by atomic mass is 9.92. The lowest BCUT2D eigenvalue weighted by Crippen LogP contribution is -2.26. The molecule has 2 aromatic heterocycles. The van der Waals surface area contributed by atoms with Gasteiger partial charge in [-0.3, -0.25) is 4.98 Å². The number of hydrogen-bond donors (Lipinski definition) is 1. The number of benzene rings is 1. The quantitative estimate of drug-likeness (QED) is 0.717. The molecule has 0 unspecified atom stereocenters. The van der Waals surface area contributed by atoms with Crippen LogP contribution in [0.4, 0.5) is 0 Å². The molecule has 0 saturated heterocycles. The van der Waals surface area contributed by atoms with E-state index < -0.39 is 0 Å². The number of nitrogens with zero attached hydrogens (tertiary/aromatic N) is 3. The summed E-state index contributed by atoms with van der Waals surface area (Å²) in [7, 11) is 0. The molecule has 0 radical (unpaired) electrons. The van der Waals surface area contributed by atoms with Gasteiger partial charge in [-0.2, -0.15) is 0 Å². The first-order valence-corrected chi connectivity index (χ1v) is 9.55. The third-order valence-electron chi connectivity index (χ3n) is 4.89. The Morgan fingerprint density at radius 2 is 2.04 bits per heavy atom. The van der Waals surface area contributed by atoms with Crippen molar-refractivity contribution < 1.29 is 4.74 Å². The molecular weight excluding hydrogens is 336 g/mol. The van der Waals surface area contributed by atoms with Gasteiger partial charge in [0.05, 0.1) is 6.61 Å². The van der Waals surface area contributed by atoms with Gasteiger partial charge in [0.25, 0.3) is 0 Å². The van der Waals surface area contributed by atoms with Crippen LogP contribution in [0.3, 0.4) is 0 Å². The SMILES string of the molecule is CCOc1ccc(CN[C@H]2CCCc3nc(-c4cccnc4)ncc32)cc1. The molecule has 138 valence electrons. The summed E-state index contributed by atoms with van der Waals surface area (Å²) in [6.07, 6.45) is 8.82. The molecule has 27 heavy (non-hydrogen) atoms. The highest BCUT2D eigenvalue weighted by atomic mass is 16.5. The van der Waals surface area contributed by atoms with E-state index in [-0.39, 0.29) is 0 Å². The van der Waals surface area contributed by atoms with Crippen LogP contribution < -0.4 is 10.1 Å². The first-order chi connectivity index (χ1) is 13.3. The standard InChI is InChI=1S/C22H24N4O/c1-2-27-18-10-8-16(9-11-18)13-24-20-6-3-7-21-19(20)15-25-22(26-21)17-5-4-12-23-14-17/h4-5,8-12,14-15,20,24H,2-3,6-7,13H2,1H3/t20-/m0/s1. The maximum Gasteiger partial charge on any atom is 0.160 e. The van der Waals surface area contributed by atoms with Crippen molar-refractivity contribution in [1.29, 1.82) is 0 Å². The maximum atomic E-state index is 5.51. The number of fused-ring (bicyclic) bond motifs is 1. The van der Waals surface area contributed by atoms with Gasteiger partial charge in [0.2, 0.25) is 0 Å². The summed E-state index contributed by atoms with van der Waals surface area (Å²) in [6.45, 7) is 3.51. The number of ether oxygens (including phenoxy) is 1. The number of nitrogens with one attached hydrogen (secondary N) is 1. The largest absolute Gasteiger partial charge is 0.494 e. The van der Waals surface area contributed by atoms with Crippen LogP contribution in [0.15, 0.2) is 55.0 Å². The van der Waals surface area contributed by atoms with Crippen molar-refractivity contribution >= 4 is 0 Å². The van der Waals surface area contributed by atoms with Crippen LogP contribution in [0.25, 0.3) is 11.4 Å². The van der Waals surface area contributed by atoms with Crippen LogP contribution >= 0.6 is 0 Å². The second-order valence-electron chi connectivity index (χ2n) is 6.74. The van der Waals surface area contributed by atoms with Gasteiger partial charge in [-0.1, -0.05) is 12.1 Å². The summed E-state index contributed by atoms with van der Waals surface area (Å²) in [6, 6.07) is 12.5. The summed E-state index contributed by atoms with van der Waals surface area (Å²) in [5, 5.41) is 3.67. The van der Waals surface area contributed by atoms with Crippen molar-refractivity contribution in [3.63, 3.8) is 0 Å². The normalized spacial score (nSPS) is 16.0. The summed E-state index contributed by atoms with van der Waals surface area (Å²) in [4.78, 5) is 13.6. The molecule has 0 spiro atoms. The molecule has 4 rings (SSSR count). The van der Waals surface area contributed by atoms with Gasteiger partial charge in [0.15, 0.2) is 5.82 Å². The molecular formula is C22H24N4O. The molecule has 1 aromatic carbocycles. The van der Waals surface area contributed by atoms with E-state index in [1.165, 1.54) is 11.1 Å². The van der Waals surface area contributed by atoms with Gasteiger partial charge in [0.1, 0.15) is 5.75 Å². The minimum Gasteiger partial charge on any atom is -0.494 e. The zero-order valence-electron chi connectivity index (χ0n) is 15.6. The monoisotopic (exact) mass is 360 g/mol. The number of aryl methyl sites for hydroxylation is 1. The molecule has 1 aliphatic rings. The van der Waals surface area contributed by atoms with Crippen LogP contribution in [0.1, 0.15) is 42.6 Å². The van der Waals surface area contributed by atoms with E-state index in [1.54, 1.807) is 6.20 Å². The van der Waals surface area contributed by atoms with Gasteiger partial charge in [-0.25, -0.2) is 9.97 Å². The summed E-state index contributed by atoms with van der Waals surface area (Å²) in [5.74, 6) is 1.68. The van der Waals surface area contributed by atoms with Gasteiger partial charge in [0, 0.05) is 48.0 Å². The van der Waals surface area contributed by atoms with Crippen molar-refractivity contribution in [2.24, 2.45) is 0 Å². The Labute approximate surface area is 159 Å². The zero-order chi connectivity index (χ0) is 18.5. The number of hydrogen-bond acceptors (Lipinski definition) is 5. The molecule has 2 heterocycles. The average Bonchev–Trinajstić information content (AvgIpc) is 2.73. The minimum absolute atomic E-state index is 0.295. The average molecular weight is 360 g/mol. The first-order valence-electron chi connectivity index (χ1n) is 9.55. The Kier molecular flexibility index (Phi) is 5.39. The van der Waals surface area contributed by atoms with E-state index >= 15 is 0 Å². The first kappa shape index (κ1) is 17.6. The topological polar surface area (TPSA) is 59.9 Å². The fraction of sp³-hybridized carbons (Fsp3) is 0.318. The lowest BCUT2D eigenvalue weighted by Gasteiger charge is -2.26. The van der Waals surface area contributed by atoms with Crippen molar-refractivity contribution in [2.75, 3.05) is 6.61 Å². The molecule has 0 saturated carbocycles. The van der Waals surface area contributed by atoms with Gasteiger partial charge < -0.3 is 10.1 Å². The predicted molar refractivity (Wildman–Crippen MR) is 105 cm³/mol. The van der Waals surface area contributed by atoms with E-state index in [4.69, 9.17) is 9.72 Å². The highest BCUT2D eigenvalue weighted by Crippen LogP contribution is 2.29. The van der Waals surface area contributed by atoms with Crippen molar-refractivity contribution in [1.82, 2.24) is 20.3 Å². The summed E-state index contributed by atoms with van der Waals surface area (Å²) in [5.41, 5.74) is 4.59. The van der Waals surface area contributed by atoms with Crippen LogP contribution in [-0.4, -0.2) is 21.6 Å². The fourth-order valence-corrected chi connectivity index (χ4v) is 3.50. The van der Waals surface area contributed by atoms with Crippen molar-refractivity contribution in [2.45, 2.75) is 38.8 Å². The smallest absolute Gasteiger partial charge is 0.160 e. The summed E-state index contributed by atoms with van der Waals surface area (Å²) < 4.78 is 5.51. The van der Waals surface area contributed by atoms with Gasteiger partial charge in [-0.15, -0.1) is 0 Å². The molecule has 0 bridgehead atoms. The minimum atomic E-state index is 0.295. The third kappa shape index (κ3) is 4.14. The Morgan fingerprint density at radius 1 is 1.15 bits per heavy atom. The van der Waals surface area contributed by atoms with Crippen molar-refractivity contribution in [3.8, 4) is 17.1 Å². The Bertz CT molecular complexity index is 881. The fourth-order valence-electron chi connectivity index (χ4n) is 3.50. The van der Waals surface area contributed by atoms with E-state index in [0.29, 0.717) is 12.6 Å². The van der Waals surface area contributed by atoms with Crippen LogP contribution in [0.2, 0.25) is 0 Å². The van der Waals surface area contributed by atoms with Gasteiger partial charge in [-0.05, 0) is 56.0 Å². The van der Waals surface area contributed by atoms with E-state index in [0.717, 1.165) is 48.6 Å². The Morgan fingerprint density at radius 3 is 2.81 bits per heavy atom. The van der Waals surface area contributed by atoms with Gasteiger partial charge >= 0.3 is 0 Å².